The standard InChI is InChI=1S/C12H25NO4S/c1-5-13(8-9-17-10(2)3)12(14)7-6-11(4)18(15)16/h10-11H,5-9H2,1-4H3,(H,15,16)/p-1. The zero-order chi connectivity index (χ0) is 14.1. The van der Waals surface area contributed by atoms with Crippen molar-refractivity contribution in [2.24, 2.45) is 0 Å². The molecule has 18 heavy (non-hydrogen) atoms. The third-order valence-electron chi connectivity index (χ3n) is 2.64. The Morgan fingerprint density at radius 2 is 2.00 bits per heavy atom. The normalized spacial score (nSPS) is 14.6. The van der Waals surface area contributed by atoms with E-state index in [1.165, 1.54) is 0 Å². The second-order valence-corrected chi connectivity index (χ2v) is 5.83. The molecule has 0 rings (SSSR count). The number of likely N-dealkylation sites (N-methyl/N-ethyl adjacent to an activating group) is 1. The quantitative estimate of drug-likeness (QED) is 0.596. The van der Waals surface area contributed by atoms with Crippen LogP contribution in [0, 0.1) is 0 Å². The molecule has 0 bridgehead atoms. The topological polar surface area (TPSA) is 69.7 Å². The maximum absolute atomic E-state index is 11.8. The molecule has 0 aliphatic carbocycles. The Balaban J connectivity index is 3.99. The van der Waals surface area contributed by atoms with Crippen molar-refractivity contribution in [2.45, 2.75) is 51.9 Å². The van der Waals surface area contributed by atoms with Crippen LogP contribution in [-0.4, -0.2) is 50.6 Å². The minimum absolute atomic E-state index is 0.0119. The minimum Gasteiger partial charge on any atom is -0.772 e. The highest BCUT2D eigenvalue weighted by Gasteiger charge is 2.13. The zero-order valence-electron chi connectivity index (χ0n) is 11.7. The maximum atomic E-state index is 11.8. The van der Waals surface area contributed by atoms with Gasteiger partial charge in [0.2, 0.25) is 5.91 Å². The van der Waals surface area contributed by atoms with Crippen LogP contribution in [0.4, 0.5) is 0 Å². The van der Waals surface area contributed by atoms with Gasteiger partial charge in [-0.15, -0.1) is 0 Å². The molecule has 0 N–H and O–H groups in total. The lowest BCUT2D eigenvalue weighted by Gasteiger charge is -2.22. The fourth-order valence-corrected chi connectivity index (χ4v) is 1.75. The summed E-state index contributed by atoms with van der Waals surface area (Å²) in [6.07, 6.45) is 0.794. The molecule has 0 saturated heterocycles. The van der Waals surface area contributed by atoms with E-state index in [0.29, 0.717) is 26.1 Å². The van der Waals surface area contributed by atoms with Crippen molar-refractivity contribution < 1.29 is 18.3 Å². The number of hydrogen-bond acceptors (Lipinski definition) is 4. The Kier molecular flexibility index (Phi) is 9.23. The van der Waals surface area contributed by atoms with E-state index in [1.807, 2.05) is 20.8 Å². The Morgan fingerprint density at radius 1 is 1.39 bits per heavy atom. The average molecular weight is 278 g/mol. The lowest BCUT2D eigenvalue weighted by Crippen LogP contribution is -2.34. The van der Waals surface area contributed by atoms with Gasteiger partial charge in [0.15, 0.2) is 0 Å². The molecule has 0 aliphatic heterocycles. The zero-order valence-corrected chi connectivity index (χ0v) is 12.5. The van der Waals surface area contributed by atoms with Crippen LogP contribution in [0.25, 0.3) is 0 Å². The van der Waals surface area contributed by atoms with E-state index < -0.39 is 16.3 Å². The summed E-state index contributed by atoms with van der Waals surface area (Å²) < 4.78 is 26.7. The van der Waals surface area contributed by atoms with E-state index in [-0.39, 0.29) is 18.4 Å². The number of ether oxygens (including phenoxy) is 1. The van der Waals surface area contributed by atoms with Gasteiger partial charge in [0, 0.05) is 24.8 Å². The Labute approximate surface area is 112 Å². The predicted molar refractivity (Wildman–Crippen MR) is 71.0 cm³/mol. The van der Waals surface area contributed by atoms with Crippen molar-refractivity contribution in [3.63, 3.8) is 0 Å². The summed E-state index contributed by atoms with van der Waals surface area (Å²) in [7, 11) is 0. The molecule has 0 radical (unpaired) electrons. The van der Waals surface area contributed by atoms with E-state index in [0.717, 1.165) is 0 Å². The van der Waals surface area contributed by atoms with E-state index in [1.54, 1.807) is 11.8 Å². The summed E-state index contributed by atoms with van der Waals surface area (Å²) in [5.74, 6) is -0.0119. The Hall–Kier alpha value is -0.460. The molecule has 6 heteroatoms. The van der Waals surface area contributed by atoms with Crippen molar-refractivity contribution >= 4 is 17.0 Å². The van der Waals surface area contributed by atoms with Gasteiger partial charge in [0.05, 0.1) is 12.7 Å². The average Bonchev–Trinajstić information content (AvgIpc) is 2.30. The molecular weight excluding hydrogens is 254 g/mol. The van der Waals surface area contributed by atoms with Crippen molar-refractivity contribution in [3.05, 3.63) is 0 Å². The summed E-state index contributed by atoms with van der Waals surface area (Å²) in [6, 6.07) is 0. The third kappa shape index (κ3) is 7.79. The molecule has 0 aromatic rings. The Morgan fingerprint density at radius 3 is 2.44 bits per heavy atom. The summed E-state index contributed by atoms with van der Waals surface area (Å²) in [6.45, 7) is 9.10. The Bertz CT molecular complexity index is 271. The molecule has 2 unspecified atom stereocenters. The summed E-state index contributed by atoms with van der Waals surface area (Å²) in [5.41, 5.74) is 0. The smallest absolute Gasteiger partial charge is 0.222 e. The van der Waals surface area contributed by atoms with Crippen molar-refractivity contribution in [1.29, 1.82) is 0 Å². The van der Waals surface area contributed by atoms with Crippen LogP contribution in [0.2, 0.25) is 0 Å². The number of amides is 1. The van der Waals surface area contributed by atoms with E-state index in [9.17, 15) is 13.6 Å². The van der Waals surface area contributed by atoms with Gasteiger partial charge in [-0.1, -0.05) is 18.0 Å². The number of nitrogens with zero attached hydrogens (tertiary/aromatic N) is 1. The van der Waals surface area contributed by atoms with E-state index in [2.05, 4.69) is 0 Å². The first-order valence-corrected chi connectivity index (χ1v) is 7.49. The summed E-state index contributed by atoms with van der Waals surface area (Å²) >= 11 is -2.10. The van der Waals surface area contributed by atoms with Crippen molar-refractivity contribution in [3.8, 4) is 0 Å². The summed E-state index contributed by atoms with van der Waals surface area (Å²) in [4.78, 5) is 13.5. The van der Waals surface area contributed by atoms with Gasteiger partial charge < -0.3 is 14.2 Å². The van der Waals surface area contributed by atoms with Gasteiger partial charge in [0.1, 0.15) is 0 Å². The van der Waals surface area contributed by atoms with Crippen LogP contribution in [0.1, 0.15) is 40.5 Å². The van der Waals surface area contributed by atoms with Crippen LogP contribution in [0.5, 0.6) is 0 Å². The minimum atomic E-state index is -2.10. The van der Waals surface area contributed by atoms with Gasteiger partial charge in [-0.2, -0.15) is 0 Å². The molecule has 5 nitrogen and oxygen atoms in total. The first-order valence-electron chi connectivity index (χ1n) is 6.35. The van der Waals surface area contributed by atoms with Crippen LogP contribution >= 0.6 is 0 Å². The van der Waals surface area contributed by atoms with Gasteiger partial charge in [0.25, 0.3) is 0 Å². The highest BCUT2D eigenvalue weighted by molar-refractivity contribution is 7.79. The molecule has 0 aromatic heterocycles. The SMILES string of the molecule is CCN(CCOC(C)C)C(=O)CCC(C)S(=O)[O-]. The maximum Gasteiger partial charge on any atom is 0.222 e. The predicted octanol–water partition coefficient (Wildman–Crippen LogP) is 1.31. The first kappa shape index (κ1) is 17.5. The summed E-state index contributed by atoms with van der Waals surface area (Å²) in [5, 5.41) is -0.473. The van der Waals surface area contributed by atoms with Gasteiger partial charge in [-0.25, -0.2) is 0 Å². The molecule has 0 saturated carbocycles. The number of rotatable bonds is 9. The number of carbonyl (C=O) groups is 1. The molecule has 0 heterocycles. The fraction of sp³-hybridized carbons (Fsp3) is 0.917. The van der Waals surface area contributed by atoms with Crippen LogP contribution in [0.3, 0.4) is 0 Å². The van der Waals surface area contributed by atoms with Crippen LogP contribution in [-0.2, 0) is 20.6 Å². The largest absolute Gasteiger partial charge is 0.772 e. The van der Waals surface area contributed by atoms with Crippen LogP contribution < -0.4 is 0 Å². The third-order valence-corrected chi connectivity index (χ3v) is 3.53. The molecule has 0 aliphatic rings. The van der Waals surface area contributed by atoms with Gasteiger partial charge in [-0.05, 0) is 27.2 Å². The van der Waals surface area contributed by atoms with Gasteiger partial charge in [-0.3, -0.25) is 9.00 Å². The van der Waals surface area contributed by atoms with Crippen molar-refractivity contribution in [2.75, 3.05) is 19.7 Å². The van der Waals surface area contributed by atoms with Crippen molar-refractivity contribution in [1.82, 2.24) is 4.90 Å². The lowest BCUT2D eigenvalue weighted by molar-refractivity contribution is -0.132. The first-order chi connectivity index (χ1) is 8.38. The van der Waals surface area contributed by atoms with E-state index >= 15 is 0 Å². The molecule has 1 amide bonds. The second kappa shape index (κ2) is 9.47. The highest BCUT2D eigenvalue weighted by atomic mass is 32.2. The molecule has 2 atom stereocenters. The monoisotopic (exact) mass is 278 g/mol. The highest BCUT2D eigenvalue weighted by Crippen LogP contribution is 2.06. The van der Waals surface area contributed by atoms with Gasteiger partial charge >= 0.3 is 0 Å². The molecule has 108 valence electrons. The lowest BCUT2D eigenvalue weighted by atomic mass is 10.2. The second-order valence-electron chi connectivity index (χ2n) is 4.50. The number of hydrogen-bond donors (Lipinski definition) is 0. The molecule has 0 spiro atoms. The van der Waals surface area contributed by atoms with E-state index in [4.69, 9.17) is 4.74 Å². The molecular formula is C12H24NO4S-. The molecule has 0 aromatic carbocycles. The molecule has 0 fully saturated rings. The van der Waals surface area contributed by atoms with Crippen LogP contribution in [0.15, 0.2) is 0 Å². The number of carbonyl (C=O) groups excluding carboxylic acids is 1. The fourth-order valence-electron chi connectivity index (χ4n) is 1.44.